The molecule has 2 heterocycles. The van der Waals surface area contributed by atoms with Crippen LogP contribution in [-0.2, 0) is 4.79 Å². The van der Waals surface area contributed by atoms with Crippen LogP contribution in [0.2, 0.25) is 0 Å². The Kier molecular flexibility index (Phi) is 5.62. The molecule has 0 aliphatic rings. The topological polar surface area (TPSA) is 73.4 Å². The first-order valence-corrected chi connectivity index (χ1v) is 9.14. The molecule has 26 heavy (non-hydrogen) atoms. The Morgan fingerprint density at radius 2 is 2.04 bits per heavy atom. The van der Waals surface area contributed by atoms with Gasteiger partial charge in [0.15, 0.2) is 10.9 Å². The molecule has 0 bridgehead atoms. The Morgan fingerprint density at radius 3 is 2.73 bits per heavy atom. The number of amides is 1. The summed E-state index contributed by atoms with van der Waals surface area (Å²) in [6, 6.07) is 11.3. The van der Waals surface area contributed by atoms with Gasteiger partial charge in [0.1, 0.15) is 5.75 Å². The number of thioether (sulfide) groups is 1. The average Bonchev–Trinajstić information content (AvgIpc) is 3.29. The van der Waals surface area contributed by atoms with Gasteiger partial charge >= 0.3 is 0 Å². The van der Waals surface area contributed by atoms with Gasteiger partial charge in [0, 0.05) is 14.1 Å². The number of hydrogen-bond donors (Lipinski definition) is 0. The minimum absolute atomic E-state index is 0.00203. The van der Waals surface area contributed by atoms with Crippen molar-refractivity contribution in [2.45, 2.75) is 12.1 Å². The molecule has 0 saturated heterocycles. The van der Waals surface area contributed by atoms with Gasteiger partial charge in [-0.15, -0.1) is 10.2 Å². The molecular weight excluding hydrogens is 352 g/mol. The Hall–Kier alpha value is -2.74. The summed E-state index contributed by atoms with van der Waals surface area (Å²) in [5.74, 6) is 2.13. The number of aromatic nitrogens is 3. The van der Waals surface area contributed by atoms with Crippen molar-refractivity contribution in [1.29, 1.82) is 0 Å². The lowest BCUT2D eigenvalue weighted by Gasteiger charge is -2.14. The molecule has 0 radical (unpaired) electrons. The highest BCUT2D eigenvalue weighted by atomic mass is 32.2. The highest BCUT2D eigenvalue weighted by molar-refractivity contribution is 7.99. The van der Waals surface area contributed by atoms with Gasteiger partial charge in [-0.1, -0.05) is 23.9 Å². The number of furan rings is 1. The van der Waals surface area contributed by atoms with E-state index in [-0.39, 0.29) is 11.7 Å². The molecule has 0 N–H and O–H groups in total. The smallest absolute Gasteiger partial charge is 0.232 e. The Bertz CT molecular complexity index is 874. The van der Waals surface area contributed by atoms with Gasteiger partial charge in [-0.2, -0.15) is 0 Å². The second-order valence-electron chi connectivity index (χ2n) is 5.60. The Balaban J connectivity index is 2.06. The van der Waals surface area contributed by atoms with Crippen molar-refractivity contribution >= 4 is 17.7 Å². The molecule has 7 nitrogen and oxygen atoms in total. The number of ether oxygens (including phenoxy) is 1. The second kappa shape index (κ2) is 8.09. The van der Waals surface area contributed by atoms with Crippen LogP contribution in [0.1, 0.15) is 6.92 Å². The molecule has 0 aliphatic carbocycles. The number of rotatable bonds is 7. The van der Waals surface area contributed by atoms with E-state index in [0.717, 1.165) is 5.69 Å². The summed E-state index contributed by atoms with van der Waals surface area (Å²) < 4.78 is 13.1. The van der Waals surface area contributed by atoms with E-state index in [0.29, 0.717) is 29.1 Å². The van der Waals surface area contributed by atoms with E-state index in [1.54, 1.807) is 31.3 Å². The molecule has 0 aliphatic heterocycles. The Morgan fingerprint density at radius 1 is 1.23 bits per heavy atom. The molecule has 0 saturated carbocycles. The molecule has 8 heteroatoms. The fraction of sp³-hybridized carbons (Fsp3) is 0.278. The van der Waals surface area contributed by atoms with Crippen LogP contribution in [-0.4, -0.2) is 52.0 Å². The third-order valence-electron chi connectivity index (χ3n) is 3.60. The van der Waals surface area contributed by atoms with Crippen molar-refractivity contribution in [3.05, 3.63) is 42.7 Å². The molecule has 3 aromatic rings. The van der Waals surface area contributed by atoms with Crippen LogP contribution in [0.15, 0.2) is 52.2 Å². The summed E-state index contributed by atoms with van der Waals surface area (Å²) in [5.41, 5.74) is 0.797. The van der Waals surface area contributed by atoms with Gasteiger partial charge in [0.25, 0.3) is 0 Å². The van der Waals surface area contributed by atoms with E-state index in [9.17, 15) is 4.79 Å². The van der Waals surface area contributed by atoms with Gasteiger partial charge in [-0.25, -0.2) is 0 Å². The standard InChI is InChI=1S/C18H20N4O3S/c1-4-24-14-9-6-5-8-13(14)22-17(15-10-7-11-25-15)19-20-18(22)26-12-16(23)21(2)3/h5-11H,4,12H2,1-3H3. The molecule has 0 spiro atoms. The van der Waals surface area contributed by atoms with E-state index in [4.69, 9.17) is 9.15 Å². The van der Waals surface area contributed by atoms with Crippen molar-refractivity contribution in [3.8, 4) is 23.0 Å². The maximum Gasteiger partial charge on any atom is 0.232 e. The van der Waals surface area contributed by atoms with Gasteiger partial charge in [-0.3, -0.25) is 9.36 Å². The minimum Gasteiger partial charge on any atom is -0.492 e. The number of nitrogens with zero attached hydrogens (tertiary/aromatic N) is 4. The zero-order valence-corrected chi connectivity index (χ0v) is 15.7. The summed E-state index contributed by atoms with van der Waals surface area (Å²) >= 11 is 1.32. The zero-order valence-electron chi connectivity index (χ0n) is 14.9. The lowest BCUT2D eigenvalue weighted by atomic mass is 10.3. The quantitative estimate of drug-likeness (QED) is 0.594. The normalized spacial score (nSPS) is 10.7. The molecule has 0 unspecified atom stereocenters. The van der Waals surface area contributed by atoms with Crippen LogP contribution in [0, 0.1) is 0 Å². The van der Waals surface area contributed by atoms with Crippen molar-refractivity contribution < 1.29 is 13.9 Å². The predicted octanol–water partition coefficient (Wildman–Crippen LogP) is 3.11. The van der Waals surface area contributed by atoms with E-state index in [2.05, 4.69) is 10.2 Å². The predicted molar refractivity (Wildman–Crippen MR) is 99.6 cm³/mol. The molecule has 3 rings (SSSR count). The minimum atomic E-state index is 0.00203. The molecule has 0 fully saturated rings. The largest absolute Gasteiger partial charge is 0.492 e. The monoisotopic (exact) mass is 372 g/mol. The molecular formula is C18H20N4O3S. The van der Waals surface area contributed by atoms with E-state index < -0.39 is 0 Å². The number of para-hydroxylation sites is 2. The molecule has 1 aromatic carbocycles. The molecule has 2 aromatic heterocycles. The van der Waals surface area contributed by atoms with E-state index in [1.165, 1.54) is 11.8 Å². The van der Waals surface area contributed by atoms with Crippen molar-refractivity contribution in [2.75, 3.05) is 26.5 Å². The maximum atomic E-state index is 12.0. The molecule has 1 amide bonds. The fourth-order valence-corrected chi connectivity index (χ4v) is 3.24. The first kappa shape index (κ1) is 18.1. The third-order valence-corrected chi connectivity index (χ3v) is 4.52. The maximum absolute atomic E-state index is 12.0. The first-order chi connectivity index (χ1) is 12.6. The summed E-state index contributed by atoms with van der Waals surface area (Å²) in [7, 11) is 3.46. The molecule has 0 atom stereocenters. The summed E-state index contributed by atoms with van der Waals surface area (Å²) in [4.78, 5) is 13.5. The number of carbonyl (C=O) groups excluding carboxylic acids is 1. The number of carbonyl (C=O) groups is 1. The highest BCUT2D eigenvalue weighted by Crippen LogP contribution is 2.32. The number of benzene rings is 1. The summed E-state index contributed by atoms with van der Waals surface area (Å²) in [5, 5.41) is 9.14. The van der Waals surface area contributed by atoms with Gasteiger partial charge < -0.3 is 14.1 Å². The summed E-state index contributed by atoms with van der Waals surface area (Å²) in [6.07, 6.45) is 1.59. The van der Waals surface area contributed by atoms with Crippen LogP contribution in [0.3, 0.4) is 0 Å². The van der Waals surface area contributed by atoms with E-state index >= 15 is 0 Å². The number of hydrogen-bond acceptors (Lipinski definition) is 6. The van der Waals surface area contributed by atoms with Gasteiger partial charge in [-0.05, 0) is 31.2 Å². The van der Waals surface area contributed by atoms with Crippen LogP contribution >= 0.6 is 11.8 Å². The lowest BCUT2D eigenvalue weighted by molar-refractivity contribution is -0.125. The van der Waals surface area contributed by atoms with Crippen molar-refractivity contribution in [1.82, 2.24) is 19.7 Å². The zero-order chi connectivity index (χ0) is 18.5. The highest BCUT2D eigenvalue weighted by Gasteiger charge is 2.21. The van der Waals surface area contributed by atoms with Gasteiger partial charge in [0.05, 0.1) is 24.3 Å². The van der Waals surface area contributed by atoms with Gasteiger partial charge in [0.2, 0.25) is 11.7 Å². The van der Waals surface area contributed by atoms with Crippen LogP contribution in [0.4, 0.5) is 0 Å². The van der Waals surface area contributed by atoms with Crippen molar-refractivity contribution in [3.63, 3.8) is 0 Å². The third kappa shape index (κ3) is 3.75. The Labute approximate surface area is 156 Å². The lowest BCUT2D eigenvalue weighted by Crippen LogP contribution is -2.23. The molecule has 136 valence electrons. The first-order valence-electron chi connectivity index (χ1n) is 8.16. The second-order valence-corrected chi connectivity index (χ2v) is 6.54. The van der Waals surface area contributed by atoms with E-state index in [1.807, 2.05) is 41.8 Å². The van der Waals surface area contributed by atoms with Crippen LogP contribution in [0.5, 0.6) is 5.75 Å². The van der Waals surface area contributed by atoms with Crippen molar-refractivity contribution in [2.24, 2.45) is 0 Å². The van der Waals surface area contributed by atoms with Crippen LogP contribution in [0.25, 0.3) is 17.3 Å². The average molecular weight is 372 g/mol. The summed E-state index contributed by atoms with van der Waals surface area (Å²) in [6.45, 7) is 2.47. The van der Waals surface area contributed by atoms with Crippen LogP contribution < -0.4 is 4.74 Å². The SMILES string of the molecule is CCOc1ccccc1-n1c(SCC(=O)N(C)C)nnc1-c1ccco1. The fourth-order valence-electron chi connectivity index (χ4n) is 2.32.